The fourth-order valence-electron chi connectivity index (χ4n) is 1.61. The molecule has 15 heavy (non-hydrogen) atoms. The van der Waals surface area contributed by atoms with Gasteiger partial charge in [-0.25, -0.2) is 4.39 Å². The van der Waals surface area contributed by atoms with Crippen molar-refractivity contribution in [3.63, 3.8) is 0 Å². The molecule has 0 aliphatic carbocycles. The Hall–Kier alpha value is -0.120. The summed E-state index contributed by atoms with van der Waals surface area (Å²) in [5.74, 6) is -0.269. The van der Waals surface area contributed by atoms with Crippen LogP contribution in [0.15, 0.2) is 16.6 Å². The molecule has 0 saturated carbocycles. The van der Waals surface area contributed by atoms with Crippen molar-refractivity contribution in [1.82, 2.24) is 0 Å². The zero-order chi connectivity index (χ0) is 11.6. The summed E-state index contributed by atoms with van der Waals surface area (Å²) in [4.78, 5) is 0. The maximum atomic E-state index is 13.8. The quantitative estimate of drug-likeness (QED) is 0.835. The zero-order valence-electron chi connectivity index (χ0n) is 8.73. The molecule has 1 aromatic carbocycles. The van der Waals surface area contributed by atoms with Gasteiger partial charge in [-0.3, -0.25) is 0 Å². The number of benzene rings is 1. The Morgan fingerprint density at radius 3 is 2.60 bits per heavy atom. The standard InChI is InChI=1S/C11H14BrClFN/c1-6(5-7(2)15)8-3-4-9(12)10(13)11(8)14/h3-4,6-7H,5,15H2,1-2H3. The molecule has 0 amide bonds. The summed E-state index contributed by atoms with van der Waals surface area (Å²) in [6, 6.07) is 3.57. The van der Waals surface area contributed by atoms with Crippen LogP contribution < -0.4 is 5.73 Å². The monoisotopic (exact) mass is 293 g/mol. The molecule has 0 aromatic heterocycles. The third-order valence-corrected chi connectivity index (χ3v) is 3.58. The number of halogens is 3. The first kappa shape index (κ1) is 12.9. The number of hydrogen-bond donors (Lipinski definition) is 1. The minimum Gasteiger partial charge on any atom is -0.328 e. The third kappa shape index (κ3) is 3.16. The molecule has 2 unspecified atom stereocenters. The average molecular weight is 295 g/mol. The van der Waals surface area contributed by atoms with Gasteiger partial charge in [0.15, 0.2) is 0 Å². The van der Waals surface area contributed by atoms with Crippen LogP contribution in [0.3, 0.4) is 0 Å². The molecule has 0 bridgehead atoms. The van der Waals surface area contributed by atoms with E-state index in [0.29, 0.717) is 10.0 Å². The van der Waals surface area contributed by atoms with Gasteiger partial charge in [0.05, 0.1) is 5.02 Å². The van der Waals surface area contributed by atoms with Crippen LogP contribution >= 0.6 is 27.5 Å². The van der Waals surface area contributed by atoms with Crippen molar-refractivity contribution in [2.45, 2.75) is 32.2 Å². The highest BCUT2D eigenvalue weighted by atomic mass is 79.9. The van der Waals surface area contributed by atoms with Crippen LogP contribution in [0.2, 0.25) is 5.02 Å². The highest BCUT2D eigenvalue weighted by Gasteiger charge is 2.16. The molecule has 2 atom stereocenters. The van der Waals surface area contributed by atoms with E-state index in [9.17, 15) is 4.39 Å². The normalized spacial score (nSPS) is 15.1. The van der Waals surface area contributed by atoms with Gasteiger partial charge in [0.25, 0.3) is 0 Å². The van der Waals surface area contributed by atoms with Crippen molar-refractivity contribution in [3.8, 4) is 0 Å². The average Bonchev–Trinajstić information content (AvgIpc) is 2.13. The number of rotatable bonds is 3. The van der Waals surface area contributed by atoms with E-state index in [-0.39, 0.29) is 22.8 Å². The minimum atomic E-state index is -0.348. The molecule has 1 aromatic rings. The maximum absolute atomic E-state index is 13.8. The second kappa shape index (κ2) is 5.28. The highest BCUT2D eigenvalue weighted by molar-refractivity contribution is 9.10. The van der Waals surface area contributed by atoms with Gasteiger partial charge in [-0.1, -0.05) is 24.6 Å². The van der Waals surface area contributed by atoms with Gasteiger partial charge in [-0.15, -0.1) is 0 Å². The van der Waals surface area contributed by atoms with Gasteiger partial charge in [-0.05, 0) is 46.8 Å². The largest absolute Gasteiger partial charge is 0.328 e. The Bertz CT molecular complexity index is 355. The molecule has 0 fully saturated rings. The van der Waals surface area contributed by atoms with Crippen LogP contribution in [0.1, 0.15) is 31.7 Å². The van der Waals surface area contributed by atoms with Crippen molar-refractivity contribution < 1.29 is 4.39 Å². The van der Waals surface area contributed by atoms with Crippen LogP contribution in [0.4, 0.5) is 4.39 Å². The molecular weight excluding hydrogens is 280 g/mol. The van der Waals surface area contributed by atoms with Gasteiger partial charge in [-0.2, -0.15) is 0 Å². The first-order valence-corrected chi connectivity index (χ1v) is 5.99. The Labute approximate surface area is 103 Å². The molecule has 4 heteroatoms. The molecule has 84 valence electrons. The molecule has 0 aliphatic heterocycles. The molecule has 2 N–H and O–H groups in total. The molecule has 1 nitrogen and oxygen atoms in total. The lowest BCUT2D eigenvalue weighted by Crippen LogP contribution is -2.18. The van der Waals surface area contributed by atoms with Crippen molar-refractivity contribution in [3.05, 3.63) is 33.0 Å². The van der Waals surface area contributed by atoms with E-state index < -0.39 is 0 Å². The summed E-state index contributed by atoms with van der Waals surface area (Å²) in [5, 5.41) is 0.143. The molecule has 0 heterocycles. The van der Waals surface area contributed by atoms with Crippen molar-refractivity contribution in [1.29, 1.82) is 0 Å². The predicted octanol–water partition coefficient (Wildman–Crippen LogP) is 4.08. The second-order valence-corrected chi connectivity index (χ2v) is 5.11. The van der Waals surface area contributed by atoms with Gasteiger partial charge < -0.3 is 5.73 Å². The Morgan fingerprint density at radius 2 is 2.07 bits per heavy atom. The van der Waals surface area contributed by atoms with E-state index >= 15 is 0 Å². The van der Waals surface area contributed by atoms with E-state index in [1.807, 2.05) is 13.8 Å². The SMILES string of the molecule is CC(N)CC(C)c1ccc(Br)c(Cl)c1F. The molecular formula is C11H14BrClFN. The van der Waals surface area contributed by atoms with E-state index in [1.54, 1.807) is 12.1 Å². The summed E-state index contributed by atoms with van der Waals surface area (Å²) in [6.07, 6.45) is 0.745. The van der Waals surface area contributed by atoms with E-state index in [2.05, 4.69) is 15.9 Å². The topological polar surface area (TPSA) is 26.0 Å². The minimum absolute atomic E-state index is 0.0572. The smallest absolute Gasteiger partial charge is 0.146 e. The first-order valence-electron chi connectivity index (χ1n) is 4.82. The predicted molar refractivity (Wildman–Crippen MR) is 65.8 cm³/mol. The lowest BCUT2D eigenvalue weighted by Gasteiger charge is -2.16. The lowest BCUT2D eigenvalue weighted by atomic mass is 9.94. The van der Waals surface area contributed by atoms with E-state index in [0.717, 1.165) is 6.42 Å². The van der Waals surface area contributed by atoms with Crippen molar-refractivity contribution in [2.24, 2.45) is 5.73 Å². The van der Waals surface area contributed by atoms with Crippen molar-refractivity contribution >= 4 is 27.5 Å². The molecule has 0 radical (unpaired) electrons. The van der Waals surface area contributed by atoms with Crippen molar-refractivity contribution in [2.75, 3.05) is 0 Å². The maximum Gasteiger partial charge on any atom is 0.146 e. The first-order chi connectivity index (χ1) is 6.93. The van der Waals surface area contributed by atoms with Gasteiger partial charge in [0, 0.05) is 10.5 Å². The molecule has 0 aliphatic rings. The number of nitrogens with two attached hydrogens (primary N) is 1. The van der Waals surface area contributed by atoms with Gasteiger partial charge in [0.1, 0.15) is 5.82 Å². The summed E-state index contributed by atoms with van der Waals surface area (Å²) in [5.41, 5.74) is 6.31. The van der Waals surface area contributed by atoms with Gasteiger partial charge >= 0.3 is 0 Å². The second-order valence-electron chi connectivity index (χ2n) is 3.88. The molecule has 0 spiro atoms. The summed E-state index contributed by atoms with van der Waals surface area (Å²) >= 11 is 8.99. The molecule has 0 saturated heterocycles. The van der Waals surface area contributed by atoms with Crippen LogP contribution in [-0.2, 0) is 0 Å². The Balaban J connectivity index is 3.00. The molecule has 1 rings (SSSR count). The van der Waals surface area contributed by atoms with Crippen LogP contribution in [0.5, 0.6) is 0 Å². The summed E-state index contributed by atoms with van der Waals surface area (Å²) in [6.45, 7) is 3.86. The fraction of sp³-hybridized carbons (Fsp3) is 0.455. The Morgan fingerprint density at radius 1 is 1.47 bits per heavy atom. The number of hydrogen-bond acceptors (Lipinski definition) is 1. The van der Waals surface area contributed by atoms with E-state index in [1.165, 1.54) is 0 Å². The van der Waals surface area contributed by atoms with Crippen LogP contribution in [0.25, 0.3) is 0 Å². The van der Waals surface area contributed by atoms with Gasteiger partial charge in [0.2, 0.25) is 0 Å². The van der Waals surface area contributed by atoms with Crippen LogP contribution in [-0.4, -0.2) is 6.04 Å². The zero-order valence-corrected chi connectivity index (χ0v) is 11.1. The fourth-order valence-corrected chi connectivity index (χ4v) is 2.08. The van der Waals surface area contributed by atoms with E-state index in [4.69, 9.17) is 17.3 Å². The highest BCUT2D eigenvalue weighted by Crippen LogP contribution is 2.32. The summed E-state index contributed by atoms with van der Waals surface area (Å²) < 4.78 is 14.3. The lowest BCUT2D eigenvalue weighted by molar-refractivity contribution is 0.542. The third-order valence-electron chi connectivity index (χ3n) is 2.32. The Kier molecular flexibility index (Phi) is 4.56. The van der Waals surface area contributed by atoms with Crippen LogP contribution in [0, 0.1) is 5.82 Å². The summed E-state index contributed by atoms with van der Waals surface area (Å²) in [7, 11) is 0.